The molecule has 3 aromatic carbocycles. The molecular formula is C49H55Br2N7O3. The lowest BCUT2D eigenvalue weighted by atomic mass is 10.0. The second-order valence-corrected chi connectivity index (χ2v) is 17.4. The minimum atomic E-state index is -0.0861. The molecule has 1 fully saturated rings. The molecule has 5 aromatic rings. The lowest BCUT2D eigenvalue weighted by Crippen LogP contribution is -2.35. The Bertz CT molecular complexity index is 2400. The number of para-hydroxylation sites is 1. The maximum Gasteiger partial charge on any atom is 0.256 e. The van der Waals surface area contributed by atoms with E-state index < -0.39 is 0 Å². The molecular weight excluding hydrogens is 894 g/mol. The predicted molar refractivity (Wildman–Crippen MR) is 255 cm³/mol. The molecule has 0 bridgehead atoms. The van der Waals surface area contributed by atoms with Crippen molar-refractivity contribution in [1.29, 1.82) is 0 Å². The first-order chi connectivity index (χ1) is 29.8. The van der Waals surface area contributed by atoms with E-state index in [1.807, 2.05) is 111 Å². The third-order valence-corrected chi connectivity index (χ3v) is 12.7. The fourth-order valence-electron chi connectivity index (χ4n) is 7.97. The fourth-order valence-corrected chi connectivity index (χ4v) is 9.05. The van der Waals surface area contributed by atoms with Gasteiger partial charge >= 0.3 is 0 Å². The highest BCUT2D eigenvalue weighted by Gasteiger charge is 2.26. The maximum atomic E-state index is 12.5. The molecule has 2 aliphatic rings. The zero-order chi connectivity index (χ0) is 42.6. The molecule has 10 nitrogen and oxygen atoms in total. The molecule has 0 radical (unpaired) electrons. The third-order valence-electron chi connectivity index (χ3n) is 11.3. The van der Waals surface area contributed by atoms with Gasteiger partial charge in [-0.2, -0.15) is 5.10 Å². The largest absolute Gasteiger partial charge is 0.491 e. The summed E-state index contributed by atoms with van der Waals surface area (Å²) in [6.07, 6.45) is 20.9. The molecule has 0 spiro atoms. The molecule has 2 aliphatic heterocycles. The van der Waals surface area contributed by atoms with Gasteiger partial charge in [0.15, 0.2) is 5.65 Å². The summed E-state index contributed by atoms with van der Waals surface area (Å²) in [6, 6.07) is 24.0. The van der Waals surface area contributed by atoms with Crippen LogP contribution in [0, 0.1) is 6.92 Å². The van der Waals surface area contributed by atoms with E-state index in [0.717, 1.165) is 111 Å². The summed E-state index contributed by atoms with van der Waals surface area (Å²) in [4.78, 5) is 24.1. The van der Waals surface area contributed by atoms with Crippen molar-refractivity contribution in [2.75, 3.05) is 37.3 Å². The van der Waals surface area contributed by atoms with E-state index in [1.165, 1.54) is 38.5 Å². The number of carbonyl (C=O) groups is 1. The monoisotopic (exact) mass is 947 g/mol. The van der Waals surface area contributed by atoms with Crippen LogP contribution < -0.4 is 15.8 Å². The molecule has 3 N–H and O–H groups in total. The van der Waals surface area contributed by atoms with Crippen molar-refractivity contribution in [2.24, 2.45) is 0 Å². The maximum absolute atomic E-state index is 12.5. The average molecular weight is 950 g/mol. The van der Waals surface area contributed by atoms with Crippen LogP contribution in [0.5, 0.6) is 11.5 Å². The second kappa shape index (κ2) is 21.7. The minimum Gasteiger partial charge on any atom is -0.491 e. The lowest BCUT2D eigenvalue weighted by Gasteiger charge is -2.32. The first-order valence-corrected chi connectivity index (χ1v) is 23.1. The molecule has 0 atom stereocenters. The number of aromatic nitrogens is 4. The van der Waals surface area contributed by atoms with Crippen LogP contribution in [0.4, 0.5) is 11.5 Å². The number of fused-ring (bicyclic) bond motifs is 2. The number of hydrogen-bond donors (Lipinski definition) is 2. The van der Waals surface area contributed by atoms with E-state index in [4.69, 9.17) is 20.3 Å². The SMILES string of the molecule is C\C=C(Br)/C(OCCCCCCCCCCN1CCC(n2nc(-c3ccc(Oc4ccccc4)cc3)c3c(N)ncnc32)CC1)=C(Br)\C=C\C=C1/C(=O)Nc2ccc(C)cc21. The Kier molecular flexibility index (Phi) is 15.6. The summed E-state index contributed by atoms with van der Waals surface area (Å²) < 4.78 is 16.0. The number of nitrogen functional groups attached to an aromatic ring is 1. The zero-order valence-electron chi connectivity index (χ0n) is 35.1. The molecule has 1 amide bonds. The van der Waals surface area contributed by atoms with Gasteiger partial charge < -0.3 is 25.4 Å². The minimum absolute atomic E-state index is 0.0861. The van der Waals surface area contributed by atoms with Gasteiger partial charge in [-0.1, -0.05) is 80.5 Å². The standard InChI is InChI=1S/C49H55Br2N7O3/c1-3-41(50)46(42(51)19-15-18-39-40-32-34(2)20-25-43(40)55-49(39)59)60-31-14-9-7-5-4-6-8-13-28-57-29-26-36(27-30-57)58-48-44(47(52)53-33-54-48)45(56-58)35-21-23-38(24-22-35)61-37-16-11-10-12-17-37/h3,10-12,15-25,32-33,36H,4-9,13-14,26-31H2,1-2H3,(H,55,59)(H2,52,53,54)/b19-15+,39-18-,41-3+,46-42-. The Balaban J connectivity index is 0.789. The molecule has 12 heteroatoms. The quantitative estimate of drug-likeness (QED) is 0.0363. The second-order valence-electron chi connectivity index (χ2n) is 15.7. The molecule has 61 heavy (non-hydrogen) atoms. The number of likely N-dealkylation sites (tertiary alicyclic amines) is 1. The smallest absolute Gasteiger partial charge is 0.256 e. The van der Waals surface area contributed by atoms with Crippen LogP contribution in [0.25, 0.3) is 27.9 Å². The van der Waals surface area contributed by atoms with Crippen LogP contribution in [0.15, 0.2) is 118 Å². The summed E-state index contributed by atoms with van der Waals surface area (Å²) in [5, 5.41) is 8.85. The van der Waals surface area contributed by atoms with Crippen LogP contribution in [-0.2, 0) is 9.53 Å². The number of aryl methyl sites for hydroxylation is 1. The van der Waals surface area contributed by atoms with E-state index >= 15 is 0 Å². The van der Waals surface area contributed by atoms with Gasteiger partial charge in [0.2, 0.25) is 0 Å². The van der Waals surface area contributed by atoms with Gasteiger partial charge in [0, 0.05) is 35.5 Å². The highest BCUT2D eigenvalue weighted by Crippen LogP contribution is 2.36. The van der Waals surface area contributed by atoms with E-state index in [-0.39, 0.29) is 11.9 Å². The van der Waals surface area contributed by atoms with Gasteiger partial charge in [0.25, 0.3) is 5.91 Å². The Hall–Kier alpha value is -5.04. The predicted octanol–water partition coefficient (Wildman–Crippen LogP) is 12.4. The van der Waals surface area contributed by atoms with E-state index in [9.17, 15) is 4.79 Å². The number of carbonyl (C=O) groups excluding carboxylic acids is 1. The zero-order valence-corrected chi connectivity index (χ0v) is 38.3. The fraction of sp³-hybridized carbons (Fsp3) is 0.347. The number of unbranched alkanes of at least 4 members (excludes halogenated alkanes) is 7. The van der Waals surface area contributed by atoms with Crippen LogP contribution in [0.1, 0.15) is 88.3 Å². The molecule has 0 saturated carbocycles. The topological polar surface area (TPSA) is 120 Å². The number of hydrogen-bond acceptors (Lipinski definition) is 8. The van der Waals surface area contributed by atoms with Crippen molar-refractivity contribution in [3.05, 3.63) is 129 Å². The first kappa shape index (κ1) is 44.0. The molecule has 318 valence electrons. The van der Waals surface area contributed by atoms with Gasteiger partial charge in [-0.3, -0.25) is 4.79 Å². The highest BCUT2D eigenvalue weighted by molar-refractivity contribution is 9.12. The number of nitrogens with one attached hydrogen (secondary N) is 1. The average Bonchev–Trinajstić information content (AvgIpc) is 3.82. The van der Waals surface area contributed by atoms with Gasteiger partial charge in [-0.25, -0.2) is 14.6 Å². The molecule has 4 heterocycles. The van der Waals surface area contributed by atoms with Crippen molar-refractivity contribution in [1.82, 2.24) is 24.6 Å². The molecule has 0 aliphatic carbocycles. The van der Waals surface area contributed by atoms with Crippen molar-refractivity contribution in [2.45, 2.75) is 84.1 Å². The van der Waals surface area contributed by atoms with Crippen LogP contribution >= 0.6 is 31.9 Å². The van der Waals surface area contributed by atoms with Crippen LogP contribution in [0.2, 0.25) is 0 Å². The van der Waals surface area contributed by atoms with Crippen molar-refractivity contribution in [3.63, 3.8) is 0 Å². The van der Waals surface area contributed by atoms with Crippen LogP contribution in [-0.4, -0.2) is 56.8 Å². The summed E-state index contributed by atoms with van der Waals surface area (Å²) in [5.74, 6) is 2.68. The van der Waals surface area contributed by atoms with Crippen LogP contribution in [0.3, 0.4) is 0 Å². The first-order valence-electron chi connectivity index (χ1n) is 21.5. The number of ether oxygens (including phenoxy) is 2. The number of piperidine rings is 1. The number of amides is 1. The van der Waals surface area contributed by atoms with E-state index in [2.05, 4.69) is 56.7 Å². The highest BCUT2D eigenvalue weighted by atomic mass is 79.9. The number of benzene rings is 3. The van der Waals surface area contributed by atoms with E-state index in [1.54, 1.807) is 6.33 Å². The number of anilines is 2. The summed E-state index contributed by atoms with van der Waals surface area (Å²) >= 11 is 7.34. The molecule has 2 aromatic heterocycles. The Labute approximate surface area is 376 Å². The number of rotatable bonds is 19. The summed E-state index contributed by atoms with van der Waals surface area (Å²) in [5.41, 5.74) is 12.6. The summed E-state index contributed by atoms with van der Waals surface area (Å²) in [6.45, 7) is 7.89. The Morgan fingerprint density at radius 2 is 1.61 bits per heavy atom. The van der Waals surface area contributed by atoms with Crippen molar-refractivity contribution in [3.8, 4) is 22.8 Å². The van der Waals surface area contributed by atoms with Gasteiger partial charge in [0.1, 0.15) is 35.1 Å². The van der Waals surface area contributed by atoms with Crippen molar-refractivity contribution >= 4 is 65.9 Å². The number of halogens is 2. The molecule has 1 saturated heterocycles. The normalized spacial score (nSPS) is 16.0. The van der Waals surface area contributed by atoms with E-state index in [0.29, 0.717) is 18.0 Å². The van der Waals surface area contributed by atoms with Gasteiger partial charge in [-0.05, 0) is 139 Å². The summed E-state index contributed by atoms with van der Waals surface area (Å²) in [7, 11) is 0. The Morgan fingerprint density at radius 1 is 0.902 bits per heavy atom. The van der Waals surface area contributed by atoms with Crippen molar-refractivity contribution < 1.29 is 14.3 Å². The van der Waals surface area contributed by atoms with Gasteiger partial charge in [0.05, 0.1) is 27.0 Å². The molecule has 7 rings (SSSR count). The number of allylic oxidation sites excluding steroid dienone is 6. The molecule has 0 unspecified atom stereocenters. The number of nitrogens with two attached hydrogens (primary N) is 1. The third kappa shape index (κ3) is 11.5. The lowest BCUT2D eigenvalue weighted by molar-refractivity contribution is -0.110. The Morgan fingerprint density at radius 3 is 2.34 bits per heavy atom. The van der Waals surface area contributed by atoms with Gasteiger partial charge in [-0.15, -0.1) is 0 Å². The number of nitrogens with zero attached hydrogens (tertiary/aromatic N) is 5.